The molecule has 0 unspecified atom stereocenters. The van der Waals surface area contributed by atoms with Crippen molar-refractivity contribution in [3.05, 3.63) is 46.2 Å². The molecule has 1 aromatic heterocycles. The number of nitrogens with one attached hydrogen (secondary N) is 3. The summed E-state index contributed by atoms with van der Waals surface area (Å²) in [4.78, 5) is 71.1. The van der Waals surface area contributed by atoms with Gasteiger partial charge in [0.05, 0.1) is 12.6 Å². The van der Waals surface area contributed by atoms with E-state index in [4.69, 9.17) is 9.47 Å². The molecule has 3 aliphatic rings. The predicted molar refractivity (Wildman–Crippen MR) is 164 cm³/mol. The van der Waals surface area contributed by atoms with Crippen LogP contribution in [0.2, 0.25) is 0 Å². The third kappa shape index (κ3) is 7.39. The first-order chi connectivity index (χ1) is 21.7. The predicted octanol–water partition coefficient (Wildman–Crippen LogP) is 0.312. The largest absolute Gasteiger partial charge is 0.485 e. The number of carbonyl (C=O) groups excluding carboxylic acids is 5. The molecule has 5 rings (SSSR count). The molecule has 2 saturated heterocycles. The van der Waals surface area contributed by atoms with Crippen LogP contribution in [-0.2, 0) is 25.6 Å². The molecule has 4 N–H and O–H groups in total. The summed E-state index contributed by atoms with van der Waals surface area (Å²) in [6.07, 6.45) is -0.229. The maximum absolute atomic E-state index is 13.9. The Balaban J connectivity index is 1.46. The van der Waals surface area contributed by atoms with Crippen molar-refractivity contribution in [3.8, 4) is 11.5 Å². The third-order valence-corrected chi connectivity index (χ3v) is 9.30. The molecule has 4 heterocycles. The van der Waals surface area contributed by atoms with Gasteiger partial charge in [-0.15, -0.1) is 11.3 Å². The Labute approximate surface area is 265 Å². The highest BCUT2D eigenvalue weighted by atomic mass is 32.1. The van der Waals surface area contributed by atoms with Crippen LogP contribution in [0.25, 0.3) is 0 Å². The van der Waals surface area contributed by atoms with Gasteiger partial charge in [0.15, 0.2) is 11.5 Å². The lowest BCUT2D eigenvalue weighted by Gasteiger charge is -2.32. The monoisotopic (exact) mass is 641 g/mol. The Kier molecular flexibility index (Phi) is 10.2. The zero-order valence-corrected chi connectivity index (χ0v) is 26.1. The van der Waals surface area contributed by atoms with E-state index >= 15 is 0 Å². The summed E-state index contributed by atoms with van der Waals surface area (Å²) >= 11 is 1.14. The molecule has 1 aromatic carbocycles. The van der Waals surface area contributed by atoms with Gasteiger partial charge in [-0.3, -0.25) is 24.0 Å². The quantitative estimate of drug-likeness (QED) is 0.362. The highest BCUT2D eigenvalue weighted by Gasteiger charge is 2.43. The van der Waals surface area contributed by atoms with Crippen LogP contribution in [0.5, 0.6) is 11.5 Å². The number of ether oxygens (including phenoxy) is 2. The Hall–Kier alpha value is -4.17. The molecule has 2 fully saturated rings. The molecular formula is C31H39N5O8S. The summed E-state index contributed by atoms with van der Waals surface area (Å²) in [5, 5.41) is 20.6. The lowest BCUT2D eigenvalue weighted by Crippen LogP contribution is -2.58. The molecule has 5 atom stereocenters. The fraction of sp³-hybridized carbons (Fsp3) is 0.516. The molecule has 3 aliphatic heterocycles. The summed E-state index contributed by atoms with van der Waals surface area (Å²) in [5.41, 5.74) is 0.809. The van der Waals surface area contributed by atoms with Crippen LogP contribution in [0, 0.1) is 5.92 Å². The molecule has 0 radical (unpaired) electrons. The van der Waals surface area contributed by atoms with Gasteiger partial charge in [0.1, 0.15) is 36.2 Å². The van der Waals surface area contributed by atoms with E-state index in [1.165, 1.54) is 9.80 Å². The highest BCUT2D eigenvalue weighted by Crippen LogP contribution is 2.40. The molecule has 13 nitrogen and oxygen atoms in total. The van der Waals surface area contributed by atoms with Crippen LogP contribution < -0.4 is 25.4 Å². The normalized spacial score (nSPS) is 25.3. The van der Waals surface area contributed by atoms with Crippen molar-refractivity contribution < 1.29 is 38.6 Å². The van der Waals surface area contributed by atoms with Crippen LogP contribution in [0.15, 0.2) is 35.7 Å². The maximum Gasteiger partial charge on any atom is 0.268 e. The van der Waals surface area contributed by atoms with Gasteiger partial charge < -0.3 is 40.3 Å². The molecule has 5 amide bonds. The SMILES string of the molecule is CC[C@H](C)[C@@H]1NC(=O)CN(C(=O)c2scc3c2OCCO3)CCNC(=O)[C@H](Cc2ccccc2)NC(=O)[C@@H]2C[C@@H](O)CN2C1=O. The Morgan fingerprint density at radius 3 is 2.60 bits per heavy atom. The van der Waals surface area contributed by atoms with Crippen molar-refractivity contribution in [2.24, 2.45) is 5.92 Å². The minimum Gasteiger partial charge on any atom is -0.485 e. The second-order valence-electron chi connectivity index (χ2n) is 11.6. The molecule has 45 heavy (non-hydrogen) atoms. The van der Waals surface area contributed by atoms with E-state index < -0.39 is 53.8 Å². The topological polar surface area (TPSA) is 167 Å². The van der Waals surface area contributed by atoms with Gasteiger partial charge in [0.25, 0.3) is 5.91 Å². The van der Waals surface area contributed by atoms with Gasteiger partial charge in [-0.2, -0.15) is 0 Å². The van der Waals surface area contributed by atoms with Crippen molar-refractivity contribution in [1.29, 1.82) is 0 Å². The number of aliphatic hydroxyl groups excluding tert-OH is 1. The first kappa shape index (κ1) is 32.2. The second-order valence-corrected chi connectivity index (χ2v) is 12.4. The highest BCUT2D eigenvalue weighted by molar-refractivity contribution is 7.12. The summed E-state index contributed by atoms with van der Waals surface area (Å²) in [6.45, 7) is 3.81. The van der Waals surface area contributed by atoms with Crippen molar-refractivity contribution in [2.75, 3.05) is 39.4 Å². The Morgan fingerprint density at radius 1 is 1.09 bits per heavy atom. The molecular weight excluding hydrogens is 602 g/mol. The number of benzene rings is 1. The van der Waals surface area contributed by atoms with Gasteiger partial charge in [-0.1, -0.05) is 50.6 Å². The fourth-order valence-electron chi connectivity index (χ4n) is 5.73. The van der Waals surface area contributed by atoms with Crippen molar-refractivity contribution >= 4 is 40.9 Å². The van der Waals surface area contributed by atoms with Crippen LogP contribution in [0.1, 0.15) is 41.9 Å². The molecule has 242 valence electrons. The number of carbonyl (C=O) groups is 5. The van der Waals surface area contributed by atoms with E-state index in [2.05, 4.69) is 16.0 Å². The number of nitrogens with zero attached hydrogens (tertiary/aromatic N) is 2. The Bertz CT molecular complexity index is 1420. The van der Waals surface area contributed by atoms with Crippen LogP contribution in [-0.4, -0.2) is 108 Å². The lowest BCUT2D eigenvalue weighted by atomic mass is 9.97. The second kappa shape index (κ2) is 14.3. The van der Waals surface area contributed by atoms with E-state index in [-0.39, 0.29) is 56.4 Å². The first-order valence-electron chi connectivity index (χ1n) is 15.2. The number of thiophene rings is 1. The average Bonchev–Trinajstić information content (AvgIpc) is 3.65. The van der Waals surface area contributed by atoms with E-state index in [1.807, 2.05) is 44.2 Å². The zero-order chi connectivity index (χ0) is 32.1. The van der Waals surface area contributed by atoms with E-state index in [9.17, 15) is 29.1 Å². The minimum atomic E-state index is -1.03. The molecule has 0 saturated carbocycles. The van der Waals surface area contributed by atoms with Crippen molar-refractivity contribution in [2.45, 2.75) is 57.3 Å². The molecule has 0 bridgehead atoms. The Morgan fingerprint density at radius 2 is 1.84 bits per heavy atom. The average molecular weight is 642 g/mol. The van der Waals surface area contributed by atoms with Crippen LogP contribution in [0.4, 0.5) is 0 Å². The fourth-order valence-corrected chi connectivity index (χ4v) is 6.63. The van der Waals surface area contributed by atoms with Gasteiger partial charge in [-0.05, 0) is 11.5 Å². The van der Waals surface area contributed by atoms with Crippen LogP contribution >= 0.6 is 11.3 Å². The van der Waals surface area contributed by atoms with Gasteiger partial charge in [0, 0.05) is 37.9 Å². The van der Waals surface area contributed by atoms with E-state index in [0.29, 0.717) is 24.5 Å². The lowest BCUT2D eigenvalue weighted by molar-refractivity contribution is -0.143. The first-order valence-corrected chi connectivity index (χ1v) is 16.1. The molecule has 0 spiro atoms. The van der Waals surface area contributed by atoms with Crippen LogP contribution in [0.3, 0.4) is 0 Å². The zero-order valence-electron chi connectivity index (χ0n) is 25.3. The number of amides is 5. The third-order valence-electron chi connectivity index (χ3n) is 8.37. The van der Waals surface area contributed by atoms with Crippen molar-refractivity contribution in [1.82, 2.24) is 25.8 Å². The summed E-state index contributed by atoms with van der Waals surface area (Å²) in [5.74, 6) is -2.17. The number of fused-ring (bicyclic) bond motifs is 2. The van der Waals surface area contributed by atoms with E-state index in [0.717, 1.165) is 16.9 Å². The van der Waals surface area contributed by atoms with E-state index in [1.54, 1.807) is 5.38 Å². The molecule has 14 heteroatoms. The number of rotatable bonds is 5. The molecule has 0 aliphatic carbocycles. The maximum atomic E-state index is 13.9. The summed E-state index contributed by atoms with van der Waals surface area (Å²) < 4.78 is 11.3. The number of hydrogen-bond donors (Lipinski definition) is 4. The van der Waals surface area contributed by atoms with Gasteiger partial charge in [0.2, 0.25) is 23.6 Å². The number of hydrogen-bond acceptors (Lipinski definition) is 9. The summed E-state index contributed by atoms with van der Waals surface area (Å²) in [6, 6.07) is 6.15. The smallest absolute Gasteiger partial charge is 0.268 e. The number of aliphatic hydroxyl groups is 1. The minimum absolute atomic E-state index is 0.00236. The summed E-state index contributed by atoms with van der Waals surface area (Å²) in [7, 11) is 0. The van der Waals surface area contributed by atoms with Crippen molar-refractivity contribution in [3.63, 3.8) is 0 Å². The van der Waals surface area contributed by atoms with Gasteiger partial charge in [-0.25, -0.2) is 0 Å². The standard InChI is InChI=1S/C31H39N5O8S/c1-3-18(2)25-30(41)36-15-20(37)14-22(36)29(40)33-21(13-19-7-5-4-6-8-19)28(39)32-9-10-35(16-24(38)34-25)31(42)27-26-23(17-45-27)43-11-12-44-26/h4-8,17-18,20-22,25,37H,3,9-16H2,1-2H3,(H,32,39)(H,33,40)(H,34,38)/t18-,20+,21-,22-,25-/m0/s1. The molecule has 2 aromatic rings. The van der Waals surface area contributed by atoms with Gasteiger partial charge >= 0.3 is 0 Å².